The summed E-state index contributed by atoms with van der Waals surface area (Å²) in [5.41, 5.74) is 1.11. The molecule has 0 saturated carbocycles. The van der Waals surface area contributed by atoms with Crippen LogP contribution in [0.3, 0.4) is 0 Å². The van der Waals surface area contributed by atoms with Gasteiger partial charge in [-0.15, -0.1) is 0 Å². The van der Waals surface area contributed by atoms with Crippen LogP contribution >= 0.6 is 15.9 Å². The van der Waals surface area contributed by atoms with Crippen molar-refractivity contribution in [3.63, 3.8) is 0 Å². The Hall–Kier alpha value is -1.36. The Balaban J connectivity index is 1.98. The first kappa shape index (κ1) is 16.0. The standard InChI is InChI=1S/C16H20BrNO3/c1-11(13-6-2-3-7-14(13)17)9-15(19)18-8-4-5-12(10-18)16(20)21/h2-3,6-7,11-12H,4-5,8-10H2,1H3,(H,20,21)/t11-,12-/m1/s1. The maximum atomic E-state index is 12.4. The monoisotopic (exact) mass is 353 g/mol. The number of rotatable bonds is 4. The number of aliphatic carboxylic acids is 1. The van der Waals surface area contributed by atoms with E-state index in [4.69, 9.17) is 5.11 Å². The average molecular weight is 354 g/mol. The number of carbonyl (C=O) groups excluding carboxylic acids is 1. The molecule has 4 nitrogen and oxygen atoms in total. The predicted molar refractivity (Wildman–Crippen MR) is 84.1 cm³/mol. The maximum absolute atomic E-state index is 12.4. The van der Waals surface area contributed by atoms with E-state index in [1.807, 2.05) is 31.2 Å². The Kier molecular flexibility index (Phi) is 5.39. The van der Waals surface area contributed by atoms with E-state index in [9.17, 15) is 9.59 Å². The number of carbonyl (C=O) groups is 2. The van der Waals surface area contributed by atoms with E-state index in [0.717, 1.165) is 16.5 Å². The number of nitrogens with zero attached hydrogens (tertiary/aromatic N) is 1. The molecular formula is C16H20BrNO3. The molecule has 1 aromatic carbocycles. The highest BCUT2D eigenvalue weighted by atomic mass is 79.9. The number of benzene rings is 1. The van der Waals surface area contributed by atoms with Crippen LogP contribution in [0.1, 0.15) is 37.7 Å². The van der Waals surface area contributed by atoms with E-state index in [1.165, 1.54) is 0 Å². The molecule has 1 fully saturated rings. The molecule has 1 aliphatic heterocycles. The minimum absolute atomic E-state index is 0.0456. The largest absolute Gasteiger partial charge is 0.481 e. The number of amides is 1. The van der Waals surface area contributed by atoms with Gasteiger partial charge < -0.3 is 10.0 Å². The van der Waals surface area contributed by atoms with Gasteiger partial charge in [0, 0.05) is 24.0 Å². The Morgan fingerprint density at radius 3 is 2.81 bits per heavy atom. The van der Waals surface area contributed by atoms with Crippen molar-refractivity contribution in [2.75, 3.05) is 13.1 Å². The number of piperidine rings is 1. The zero-order valence-electron chi connectivity index (χ0n) is 12.1. The summed E-state index contributed by atoms with van der Waals surface area (Å²) in [5, 5.41) is 9.09. The van der Waals surface area contributed by atoms with Crippen LogP contribution in [0, 0.1) is 5.92 Å². The van der Waals surface area contributed by atoms with Gasteiger partial charge in [0.05, 0.1) is 5.92 Å². The number of carboxylic acids is 1. The molecule has 0 aromatic heterocycles. The third-order valence-electron chi connectivity index (χ3n) is 4.04. The van der Waals surface area contributed by atoms with Crippen molar-refractivity contribution >= 4 is 27.8 Å². The zero-order valence-corrected chi connectivity index (χ0v) is 13.7. The third-order valence-corrected chi connectivity index (χ3v) is 4.76. The van der Waals surface area contributed by atoms with Crippen molar-refractivity contribution in [3.05, 3.63) is 34.3 Å². The SMILES string of the molecule is C[C@H](CC(=O)N1CCC[C@@H](C(=O)O)C1)c1ccccc1Br. The highest BCUT2D eigenvalue weighted by molar-refractivity contribution is 9.10. The Labute approximate surface area is 133 Å². The number of likely N-dealkylation sites (tertiary alicyclic amines) is 1. The Bertz CT molecular complexity index is 532. The van der Waals surface area contributed by atoms with Gasteiger partial charge in [0.2, 0.25) is 5.91 Å². The van der Waals surface area contributed by atoms with Gasteiger partial charge in [-0.1, -0.05) is 41.1 Å². The van der Waals surface area contributed by atoms with Crippen molar-refractivity contribution in [1.82, 2.24) is 4.90 Å². The van der Waals surface area contributed by atoms with Crippen LogP contribution in [0.25, 0.3) is 0 Å². The Morgan fingerprint density at radius 2 is 2.14 bits per heavy atom. The fourth-order valence-electron chi connectivity index (χ4n) is 2.78. The fraction of sp³-hybridized carbons (Fsp3) is 0.500. The van der Waals surface area contributed by atoms with Crippen molar-refractivity contribution in [1.29, 1.82) is 0 Å². The van der Waals surface area contributed by atoms with Crippen LogP contribution < -0.4 is 0 Å². The van der Waals surface area contributed by atoms with Crippen molar-refractivity contribution in [2.24, 2.45) is 5.92 Å². The number of carboxylic acid groups (broad SMARTS) is 1. The normalized spacial score (nSPS) is 20.1. The third kappa shape index (κ3) is 4.06. The second-order valence-corrected chi connectivity index (χ2v) is 6.50. The molecule has 1 aromatic rings. The highest BCUT2D eigenvalue weighted by Gasteiger charge is 2.28. The second kappa shape index (κ2) is 7.07. The van der Waals surface area contributed by atoms with Crippen molar-refractivity contribution in [3.8, 4) is 0 Å². The van der Waals surface area contributed by atoms with Crippen molar-refractivity contribution < 1.29 is 14.7 Å². The molecule has 5 heteroatoms. The molecular weight excluding hydrogens is 334 g/mol. The van der Waals surface area contributed by atoms with E-state index < -0.39 is 11.9 Å². The molecule has 0 unspecified atom stereocenters. The van der Waals surface area contributed by atoms with Crippen LogP contribution in [0.15, 0.2) is 28.7 Å². The van der Waals surface area contributed by atoms with Gasteiger partial charge in [-0.3, -0.25) is 9.59 Å². The zero-order chi connectivity index (χ0) is 15.4. The van der Waals surface area contributed by atoms with Crippen LogP contribution in [0.2, 0.25) is 0 Å². The molecule has 1 heterocycles. The van der Waals surface area contributed by atoms with Gasteiger partial charge in [-0.2, -0.15) is 0 Å². The lowest BCUT2D eigenvalue weighted by molar-refractivity contribution is -0.145. The molecule has 2 rings (SSSR count). The summed E-state index contributed by atoms with van der Waals surface area (Å²) in [4.78, 5) is 25.1. The van der Waals surface area contributed by atoms with Gasteiger partial charge in [0.1, 0.15) is 0 Å². The topological polar surface area (TPSA) is 57.6 Å². The van der Waals surface area contributed by atoms with Gasteiger partial charge >= 0.3 is 5.97 Å². The minimum atomic E-state index is -0.800. The van der Waals surface area contributed by atoms with Crippen LogP contribution in [0.4, 0.5) is 0 Å². The van der Waals surface area contributed by atoms with Gasteiger partial charge in [0.25, 0.3) is 0 Å². The molecule has 114 valence electrons. The first-order valence-corrected chi connectivity index (χ1v) is 8.03. The van der Waals surface area contributed by atoms with Crippen LogP contribution in [0.5, 0.6) is 0 Å². The molecule has 0 radical (unpaired) electrons. The molecule has 1 amide bonds. The van der Waals surface area contributed by atoms with Gasteiger partial charge in [-0.25, -0.2) is 0 Å². The smallest absolute Gasteiger partial charge is 0.308 e. The van der Waals surface area contributed by atoms with Gasteiger partial charge in [-0.05, 0) is 30.4 Å². The molecule has 0 aliphatic carbocycles. The lowest BCUT2D eigenvalue weighted by atomic mass is 9.94. The highest BCUT2D eigenvalue weighted by Crippen LogP contribution is 2.28. The average Bonchev–Trinajstić information content (AvgIpc) is 2.47. The number of halogens is 1. The predicted octanol–water partition coefficient (Wildman–Crippen LogP) is 3.27. The molecule has 1 aliphatic rings. The lowest BCUT2D eigenvalue weighted by Gasteiger charge is -2.31. The number of hydrogen-bond acceptors (Lipinski definition) is 2. The van der Waals surface area contributed by atoms with E-state index in [-0.39, 0.29) is 11.8 Å². The van der Waals surface area contributed by atoms with E-state index >= 15 is 0 Å². The summed E-state index contributed by atoms with van der Waals surface area (Å²) in [7, 11) is 0. The quantitative estimate of drug-likeness (QED) is 0.903. The summed E-state index contributed by atoms with van der Waals surface area (Å²) in [6.45, 7) is 3.04. The first-order valence-electron chi connectivity index (χ1n) is 7.24. The first-order chi connectivity index (χ1) is 9.99. The van der Waals surface area contributed by atoms with Crippen LogP contribution in [-0.2, 0) is 9.59 Å². The van der Waals surface area contributed by atoms with Crippen LogP contribution in [-0.4, -0.2) is 35.0 Å². The van der Waals surface area contributed by atoms with E-state index in [1.54, 1.807) is 4.90 Å². The Morgan fingerprint density at radius 1 is 1.43 bits per heavy atom. The summed E-state index contributed by atoms with van der Waals surface area (Å²) in [6.07, 6.45) is 1.85. The summed E-state index contributed by atoms with van der Waals surface area (Å²) in [6, 6.07) is 7.89. The molecule has 1 saturated heterocycles. The molecule has 21 heavy (non-hydrogen) atoms. The number of hydrogen-bond donors (Lipinski definition) is 1. The molecule has 0 bridgehead atoms. The molecule has 0 spiro atoms. The summed E-state index contributed by atoms with van der Waals surface area (Å²) < 4.78 is 1.01. The van der Waals surface area contributed by atoms with E-state index in [2.05, 4.69) is 15.9 Å². The lowest BCUT2D eigenvalue weighted by Crippen LogP contribution is -2.42. The van der Waals surface area contributed by atoms with E-state index in [0.29, 0.717) is 25.9 Å². The summed E-state index contributed by atoms with van der Waals surface area (Å²) in [5.74, 6) is -1.06. The summed E-state index contributed by atoms with van der Waals surface area (Å²) >= 11 is 3.51. The van der Waals surface area contributed by atoms with Crippen molar-refractivity contribution in [2.45, 2.75) is 32.1 Å². The fourth-order valence-corrected chi connectivity index (χ4v) is 3.46. The minimum Gasteiger partial charge on any atom is -0.481 e. The maximum Gasteiger partial charge on any atom is 0.308 e. The molecule has 1 N–H and O–H groups in total. The molecule has 2 atom stereocenters. The van der Waals surface area contributed by atoms with Gasteiger partial charge in [0.15, 0.2) is 0 Å². The second-order valence-electron chi connectivity index (χ2n) is 5.64.